The third-order valence-corrected chi connectivity index (χ3v) is 2.95. The van der Waals surface area contributed by atoms with Crippen LogP contribution in [-0.4, -0.2) is 21.7 Å². The molecular weight excluding hydrogens is 248 g/mol. The summed E-state index contributed by atoms with van der Waals surface area (Å²) < 4.78 is 0.289. The molecule has 0 saturated carbocycles. The second-order valence-corrected chi connectivity index (χ2v) is 4.51. The van der Waals surface area contributed by atoms with E-state index in [9.17, 15) is 4.79 Å². The van der Waals surface area contributed by atoms with Crippen LogP contribution in [0.15, 0.2) is 29.1 Å². The Bertz CT molecular complexity index is 656. The van der Waals surface area contributed by atoms with Gasteiger partial charge in [0.15, 0.2) is 4.77 Å². The fraction of sp³-hybridized carbons (Fsp3) is 0.231. The summed E-state index contributed by atoms with van der Waals surface area (Å²) in [4.78, 5) is 17.4. The van der Waals surface area contributed by atoms with Crippen molar-refractivity contribution in [2.75, 3.05) is 6.61 Å². The van der Waals surface area contributed by atoms with E-state index in [1.165, 1.54) is 0 Å². The minimum Gasteiger partial charge on any atom is -0.396 e. The summed E-state index contributed by atoms with van der Waals surface area (Å²) >= 11 is 4.98. The number of hydrogen-bond donors (Lipinski definition) is 3. The van der Waals surface area contributed by atoms with Gasteiger partial charge >= 0.3 is 0 Å². The van der Waals surface area contributed by atoms with E-state index >= 15 is 0 Å². The maximum absolute atomic E-state index is 11.8. The quantitative estimate of drug-likeness (QED) is 0.740. The lowest BCUT2D eigenvalue weighted by molar-refractivity contribution is 0.299. The van der Waals surface area contributed by atoms with Crippen LogP contribution in [0.25, 0.3) is 11.3 Å². The monoisotopic (exact) mass is 262 g/mol. The number of aliphatic hydroxyl groups is 1. The van der Waals surface area contributed by atoms with E-state index in [2.05, 4.69) is 9.97 Å². The fourth-order valence-corrected chi connectivity index (χ4v) is 2.02. The Kier molecular flexibility index (Phi) is 3.74. The molecule has 0 bridgehead atoms. The minimum atomic E-state index is -0.247. The summed E-state index contributed by atoms with van der Waals surface area (Å²) in [7, 11) is 0. The molecule has 0 aliphatic heterocycles. The number of aryl methyl sites for hydroxylation is 1. The van der Waals surface area contributed by atoms with Gasteiger partial charge in [0.25, 0.3) is 5.56 Å². The molecule has 0 atom stereocenters. The lowest BCUT2D eigenvalue weighted by atomic mass is 10.0. The molecule has 3 N–H and O–H groups in total. The van der Waals surface area contributed by atoms with Crippen LogP contribution in [0.2, 0.25) is 0 Å². The Morgan fingerprint density at radius 2 is 1.89 bits per heavy atom. The van der Waals surface area contributed by atoms with Gasteiger partial charge in [-0.05, 0) is 24.7 Å². The third-order valence-electron chi connectivity index (χ3n) is 2.74. The zero-order valence-corrected chi connectivity index (χ0v) is 10.8. The summed E-state index contributed by atoms with van der Waals surface area (Å²) in [5, 5.41) is 9.04. The van der Waals surface area contributed by atoms with E-state index in [4.69, 9.17) is 17.3 Å². The molecule has 18 heavy (non-hydrogen) atoms. The number of aromatic nitrogens is 2. The van der Waals surface area contributed by atoms with Gasteiger partial charge in [-0.1, -0.05) is 29.8 Å². The van der Waals surface area contributed by atoms with E-state index in [-0.39, 0.29) is 16.9 Å². The second kappa shape index (κ2) is 5.29. The zero-order valence-electron chi connectivity index (χ0n) is 9.99. The maximum Gasteiger partial charge on any atom is 0.255 e. The molecule has 94 valence electrons. The highest BCUT2D eigenvalue weighted by atomic mass is 32.1. The summed E-state index contributed by atoms with van der Waals surface area (Å²) in [6, 6.07) is 7.79. The predicted molar refractivity (Wildman–Crippen MR) is 73.2 cm³/mol. The van der Waals surface area contributed by atoms with Crippen LogP contribution >= 0.6 is 12.2 Å². The average Bonchev–Trinajstić information content (AvgIpc) is 2.33. The Hall–Kier alpha value is -1.72. The van der Waals surface area contributed by atoms with Crippen molar-refractivity contribution in [1.29, 1.82) is 0 Å². The van der Waals surface area contributed by atoms with Gasteiger partial charge in [-0.3, -0.25) is 9.78 Å². The molecule has 1 aromatic heterocycles. The maximum atomic E-state index is 11.8. The zero-order chi connectivity index (χ0) is 13.1. The van der Waals surface area contributed by atoms with Crippen molar-refractivity contribution < 1.29 is 5.11 Å². The van der Waals surface area contributed by atoms with E-state index in [1.54, 1.807) is 0 Å². The summed E-state index contributed by atoms with van der Waals surface area (Å²) in [6.45, 7) is 1.92. The number of H-pyrrole nitrogens is 2. The molecule has 0 amide bonds. The Morgan fingerprint density at radius 1 is 1.22 bits per heavy atom. The molecule has 0 saturated heterocycles. The lowest BCUT2D eigenvalue weighted by Gasteiger charge is -2.08. The van der Waals surface area contributed by atoms with Crippen LogP contribution in [0.4, 0.5) is 0 Å². The third kappa shape index (κ3) is 2.57. The Morgan fingerprint density at radius 3 is 2.50 bits per heavy atom. The van der Waals surface area contributed by atoms with Crippen LogP contribution in [0.1, 0.15) is 11.1 Å². The first-order valence-corrected chi connectivity index (χ1v) is 6.06. The number of aromatic amines is 2. The van der Waals surface area contributed by atoms with Crippen molar-refractivity contribution in [3.63, 3.8) is 0 Å². The van der Waals surface area contributed by atoms with Gasteiger partial charge < -0.3 is 10.1 Å². The smallest absolute Gasteiger partial charge is 0.255 e. The van der Waals surface area contributed by atoms with Crippen molar-refractivity contribution in [2.45, 2.75) is 13.3 Å². The van der Waals surface area contributed by atoms with Crippen molar-refractivity contribution in [3.05, 3.63) is 50.5 Å². The molecule has 0 radical (unpaired) electrons. The highest BCUT2D eigenvalue weighted by Gasteiger charge is 2.09. The summed E-state index contributed by atoms with van der Waals surface area (Å²) in [5.74, 6) is 0. The molecule has 1 aromatic carbocycles. The first-order chi connectivity index (χ1) is 8.61. The number of benzene rings is 1. The number of hydrogen-bond acceptors (Lipinski definition) is 3. The largest absolute Gasteiger partial charge is 0.396 e. The van der Waals surface area contributed by atoms with Gasteiger partial charge in [0.2, 0.25) is 0 Å². The molecule has 0 spiro atoms. The second-order valence-electron chi connectivity index (χ2n) is 4.10. The highest BCUT2D eigenvalue weighted by molar-refractivity contribution is 7.71. The topological polar surface area (TPSA) is 68.9 Å². The number of rotatable bonds is 3. The average molecular weight is 262 g/mol. The van der Waals surface area contributed by atoms with Gasteiger partial charge in [-0.15, -0.1) is 0 Å². The van der Waals surface area contributed by atoms with Crippen molar-refractivity contribution in [2.24, 2.45) is 0 Å². The van der Waals surface area contributed by atoms with E-state index in [1.807, 2.05) is 31.2 Å². The van der Waals surface area contributed by atoms with E-state index in [0.717, 1.165) is 11.1 Å². The molecule has 0 aliphatic rings. The predicted octanol–water partition coefficient (Wildman–Crippen LogP) is 1.94. The van der Waals surface area contributed by atoms with Crippen LogP contribution in [0.5, 0.6) is 0 Å². The van der Waals surface area contributed by atoms with Gasteiger partial charge in [0, 0.05) is 18.6 Å². The molecule has 5 heteroatoms. The molecule has 2 aromatic rings. The first kappa shape index (κ1) is 12.7. The lowest BCUT2D eigenvalue weighted by Crippen LogP contribution is -2.17. The van der Waals surface area contributed by atoms with Crippen LogP contribution in [0.3, 0.4) is 0 Å². The molecule has 0 unspecified atom stereocenters. The van der Waals surface area contributed by atoms with Crippen LogP contribution in [-0.2, 0) is 6.42 Å². The minimum absolute atomic E-state index is 0.0768. The van der Waals surface area contributed by atoms with Gasteiger partial charge in [0.1, 0.15) is 0 Å². The molecule has 0 fully saturated rings. The molecule has 0 aliphatic carbocycles. The van der Waals surface area contributed by atoms with Crippen molar-refractivity contribution in [3.8, 4) is 11.3 Å². The number of aliphatic hydroxyl groups excluding tert-OH is 1. The fourth-order valence-electron chi connectivity index (χ4n) is 1.83. The standard InChI is InChI=1S/C13H14N2O2S/c1-8-2-4-9(5-3-8)11-10(6-7-16)12(17)15-13(18)14-11/h2-5,16H,6-7H2,1H3,(H2,14,15,17,18). The molecular formula is C13H14N2O2S. The van der Waals surface area contributed by atoms with E-state index < -0.39 is 0 Å². The number of nitrogens with one attached hydrogen (secondary N) is 2. The molecule has 4 nitrogen and oxygen atoms in total. The van der Waals surface area contributed by atoms with Crippen molar-refractivity contribution in [1.82, 2.24) is 9.97 Å². The van der Waals surface area contributed by atoms with Gasteiger partial charge in [-0.2, -0.15) is 0 Å². The van der Waals surface area contributed by atoms with Gasteiger partial charge in [-0.25, -0.2) is 0 Å². The van der Waals surface area contributed by atoms with Crippen LogP contribution < -0.4 is 5.56 Å². The van der Waals surface area contributed by atoms with E-state index in [0.29, 0.717) is 17.7 Å². The van der Waals surface area contributed by atoms with Gasteiger partial charge in [0.05, 0.1) is 5.69 Å². The summed E-state index contributed by atoms with van der Waals surface area (Å²) in [6.07, 6.45) is 0.296. The Balaban J connectivity index is 2.65. The first-order valence-electron chi connectivity index (χ1n) is 5.65. The normalized spacial score (nSPS) is 10.6. The summed E-state index contributed by atoms with van der Waals surface area (Å²) in [5.41, 5.74) is 2.99. The SMILES string of the molecule is Cc1ccc(-c2[nH]c(=S)[nH]c(=O)c2CCO)cc1. The Labute approximate surface area is 109 Å². The highest BCUT2D eigenvalue weighted by Crippen LogP contribution is 2.19. The molecule has 1 heterocycles. The molecule has 2 rings (SSSR count). The van der Waals surface area contributed by atoms with Crippen molar-refractivity contribution >= 4 is 12.2 Å². The van der Waals surface area contributed by atoms with Crippen LogP contribution in [0, 0.1) is 11.7 Å².